The van der Waals surface area contributed by atoms with Crippen LogP contribution < -0.4 is 5.32 Å². The summed E-state index contributed by atoms with van der Waals surface area (Å²) in [5.74, 6) is 0.173. The first-order valence-corrected chi connectivity index (χ1v) is 6.06. The van der Waals surface area contributed by atoms with Crippen LogP contribution in [0.5, 0.6) is 0 Å². The van der Waals surface area contributed by atoms with E-state index in [9.17, 15) is 4.79 Å². The predicted octanol–water partition coefficient (Wildman–Crippen LogP) is 3.44. The largest absolute Gasteiger partial charge is 0.321 e. The molecule has 2 aromatic rings. The third-order valence-electron chi connectivity index (χ3n) is 2.66. The molecule has 0 aliphatic heterocycles. The summed E-state index contributed by atoms with van der Waals surface area (Å²) >= 11 is 5.81. The number of hydrogen-bond acceptors (Lipinski definition) is 2. The maximum Gasteiger partial charge on any atom is 0.275 e. The monoisotopic (exact) mass is 263 g/mol. The lowest BCUT2D eigenvalue weighted by atomic mass is 10.0. The molecule has 0 saturated carbocycles. The van der Waals surface area contributed by atoms with E-state index in [1.165, 1.54) is 11.8 Å². The highest BCUT2D eigenvalue weighted by molar-refractivity contribution is 6.34. The molecule has 4 nitrogen and oxygen atoms in total. The summed E-state index contributed by atoms with van der Waals surface area (Å²) in [5.41, 5.74) is 2.23. The van der Waals surface area contributed by atoms with Gasteiger partial charge in [-0.25, -0.2) is 0 Å². The molecule has 0 spiro atoms. The number of amides is 1. The third kappa shape index (κ3) is 2.71. The normalized spacial score (nSPS) is 10.7. The van der Waals surface area contributed by atoms with Crippen LogP contribution in [0.3, 0.4) is 0 Å². The Balaban J connectivity index is 2.10. The minimum Gasteiger partial charge on any atom is -0.321 e. The van der Waals surface area contributed by atoms with Crippen molar-refractivity contribution in [2.75, 3.05) is 5.32 Å². The van der Waals surface area contributed by atoms with Gasteiger partial charge in [-0.2, -0.15) is 5.10 Å². The van der Waals surface area contributed by atoms with Crippen molar-refractivity contribution in [3.8, 4) is 0 Å². The second-order valence-electron chi connectivity index (χ2n) is 4.32. The molecule has 0 bridgehead atoms. The molecule has 1 aromatic carbocycles. The van der Waals surface area contributed by atoms with Gasteiger partial charge in [0.15, 0.2) is 0 Å². The van der Waals surface area contributed by atoms with Crippen molar-refractivity contribution in [2.24, 2.45) is 0 Å². The van der Waals surface area contributed by atoms with Crippen LogP contribution in [0.4, 0.5) is 5.69 Å². The molecule has 5 heteroatoms. The number of anilines is 1. The van der Waals surface area contributed by atoms with E-state index in [4.69, 9.17) is 11.6 Å². The van der Waals surface area contributed by atoms with Crippen molar-refractivity contribution in [3.63, 3.8) is 0 Å². The molecule has 0 atom stereocenters. The second-order valence-corrected chi connectivity index (χ2v) is 4.73. The van der Waals surface area contributed by atoms with Crippen molar-refractivity contribution in [1.29, 1.82) is 0 Å². The lowest BCUT2D eigenvalue weighted by Gasteiger charge is -2.07. The van der Waals surface area contributed by atoms with E-state index in [1.807, 2.05) is 24.3 Å². The molecule has 0 unspecified atom stereocenters. The van der Waals surface area contributed by atoms with Crippen molar-refractivity contribution in [1.82, 2.24) is 10.2 Å². The fourth-order valence-corrected chi connectivity index (χ4v) is 1.75. The second kappa shape index (κ2) is 5.23. The van der Waals surface area contributed by atoms with E-state index >= 15 is 0 Å². The van der Waals surface area contributed by atoms with E-state index in [-0.39, 0.29) is 11.6 Å². The predicted molar refractivity (Wildman–Crippen MR) is 72.1 cm³/mol. The summed E-state index contributed by atoms with van der Waals surface area (Å²) in [4.78, 5) is 11.8. The molecular formula is C13H14ClN3O. The molecule has 1 aromatic heterocycles. The molecule has 0 aliphatic rings. The third-order valence-corrected chi connectivity index (χ3v) is 2.94. The first-order chi connectivity index (χ1) is 8.58. The summed E-state index contributed by atoms with van der Waals surface area (Å²) < 4.78 is 0. The number of nitrogens with zero attached hydrogens (tertiary/aromatic N) is 1. The number of carbonyl (C=O) groups is 1. The van der Waals surface area contributed by atoms with Gasteiger partial charge in [0.25, 0.3) is 5.91 Å². The molecule has 0 fully saturated rings. The maximum absolute atomic E-state index is 11.8. The van der Waals surface area contributed by atoms with Gasteiger partial charge in [0.05, 0.1) is 11.2 Å². The average molecular weight is 264 g/mol. The van der Waals surface area contributed by atoms with E-state index in [1.54, 1.807) is 0 Å². The van der Waals surface area contributed by atoms with Gasteiger partial charge in [-0.15, -0.1) is 0 Å². The van der Waals surface area contributed by atoms with Crippen LogP contribution in [0.15, 0.2) is 30.5 Å². The summed E-state index contributed by atoms with van der Waals surface area (Å²) in [6.07, 6.45) is 1.40. The standard InChI is InChI=1S/C13H14ClN3O/c1-8(2)9-3-5-10(6-4-9)16-13(18)12-11(14)7-15-17-12/h3-8H,1-2H3,(H,15,17)(H,16,18). The molecule has 2 rings (SSSR count). The van der Waals surface area contributed by atoms with E-state index in [0.29, 0.717) is 10.9 Å². The van der Waals surface area contributed by atoms with Gasteiger partial charge in [-0.1, -0.05) is 37.6 Å². The smallest absolute Gasteiger partial charge is 0.275 e. The van der Waals surface area contributed by atoms with Gasteiger partial charge < -0.3 is 5.32 Å². The highest BCUT2D eigenvalue weighted by atomic mass is 35.5. The Kier molecular flexibility index (Phi) is 3.67. The van der Waals surface area contributed by atoms with Crippen LogP contribution in [-0.4, -0.2) is 16.1 Å². The Morgan fingerprint density at radius 1 is 1.33 bits per heavy atom. The van der Waals surface area contributed by atoms with Gasteiger partial charge in [0.2, 0.25) is 0 Å². The molecule has 2 N–H and O–H groups in total. The average Bonchev–Trinajstić information content (AvgIpc) is 2.76. The number of carbonyl (C=O) groups excluding carboxylic acids is 1. The van der Waals surface area contributed by atoms with Gasteiger partial charge >= 0.3 is 0 Å². The number of rotatable bonds is 3. The highest BCUT2D eigenvalue weighted by Gasteiger charge is 2.12. The van der Waals surface area contributed by atoms with Gasteiger partial charge in [0, 0.05) is 5.69 Å². The summed E-state index contributed by atoms with van der Waals surface area (Å²) in [6, 6.07) is 7.73. The molecular weight excluding hydrogens is 250 g/mol. The van der Waals surface area contributed by atoms with Gasteiger partial charge in [-0.3, -0.25) is 9.89 Å². The number of H-pyrrole nitrogens is 1. The van der Waals surface area contributed by atoms with Crippen molar-refractivity contribution in [2.45, 2.75) is 19.8 Å². The molecule has 94 valence electrons. The number of hydrogen-bond donors (Lipinski definition) is 2. The van der Waals surface area contributed by atoms with E-state index < -0.39 is 0 Å². The summed E-state index contributed by atoms with van der Waals surface area (Å²) in [6.45, 7) is 4.25. The SMILES string of the molecule is CC(C)c1ccc(NC(=O)c2[nH]ncc2Cl)cc1. The molecule has 18 heavy (non-hydrogen) atoms. The van der Waals surface area contributed by atoms with Crippen molar-refractivity contribution >= 4 is 23.2 Å². The fourth-order valence-electron chi connectivity index (χ4n) is 1.58. The van der Waals surface area contributed by atoms with Crippen molar-refractivity contribution < 1.29 is 4.79 Å². The number of nitrogens with one attached hydrogen (secondary N) is 2. The van der Waals surface area contributed by atoms with Crippen molar-refractivity contribution in [3.05, 3.63) is 46.7 Å². The van der Waals surface area contributed by atoms with Crippen LogP contribution in [0.25, 0.3) is 0 Å². The topological polar surface area (TPSA) is 57.8 Å². The number of halogens is 1. The Labute approximate surface area is 110 Å². The summed E-state index contributed by atoms with van der Waals surface area (Å²) in [7, 11) is 0. The Morgan fingerprint density at radius 2 is 2.00 bits per heavy atom. The number of aromatic amines is 1. The highest BCUT2D eigenvalue weighted by Crippen LogP contribution is 2.18. The molecule has 0 aliphatic carbocycles. The first-order valence-electron chi connectivity index (χ1n) is 5.68. The first kappa shape index (κ1) is 12.6. The lowest BCUT2D eigenvalue weighted by Crippen LogP contribution is -2.12. The van der Waals surface area contributed by atoms with Gasteiger partial charge in [0.1, 0.15) is 5.69 Å². The fraction of sp³-hybridized carbons (Fsp3) is 0.231. The Morgan fingerprint density at radius 3 is 2.50 bits per heavy atom. The quantitative estimate of drug-likeness (QED) is 0.891. The van der Waals surface area contributed by atoms with Gasteiger partial charge in [-0.05, 0) is 23.6 Å². The van der Waals surface area contributed by atoms with Crippen LogP contribution in [-0.2, 0) is 0 Å². The molecule has 1 heterocycles. The number of aromatic nitrogens is 2. The van der Waals surface area contributed by atoms with E-state index in [2.05, 4.69) is 29.4 Å². The Bertz CT molecular complexity index is 546. The Hall–Kier alpha value is -1.81. The minimum atomic E-state index is -0.296. The zero-order chi connectivity index (χ0) is 13.1. The lowest BCUT2D eigenvalue weighted by molar-refractivity contribution is 0.102. The van der Waals surface area contributed by atoms with Crippen LogP contribution in [0.1, 0.15) is 35.8 Å². The van der Waals surface area contributed by atoms with Crippen LogP contribution >= 0.6 is 11.6 Å². The van der Waals surface area contributed by atoms with Crippen LogP contribution in [0, 0.1) is 0 Å². The molecule has 0 saturated heterocycles. The minimum absolute atomic E-state index is 0.268. The van der Waals surface area contributed by atoms with E-state index in [0.717, 1.165) is 5.69 Å². The molecule has 0 radical (unpaired) electrons. The summed E-state index contributed by atoms with van der Waals surface area (Å²) in [5, 5.41) is 9.33. The zero-order valence-corrected chi connectivity index (χ0v) is 11.0. The van der Waals surface area contributed by atoms with Crippen LogP contribution in [0.2, 0.25) is 5.02 Å². The molecule has 1 amide bonds. The maximum atomic E-state index is 11.8. The number of benzene rings is 1. The zero-order valence-electron chi connectivity index (χ0n) is 10.2.